The van der Waals surface area contributed by atoms with Crippen LogP contribution in [0.1, 0.15) is 44.1 Å². The Morgan fingerprint density at radius 3 is 2.11 bits per heavy atom. The zero-order valence-electron chi connectivity index (χ0n) is 16.8. The van der Waals surface area contributed by atoms with E-state index >= 15 is 0 Å². The molecule has 0 unspecified atom stereocenters. The Bertz CT molecular complexity index is 684. The largest absolute Gasteiger partial charge is 1.00 e. The number of quaternary nitrogens is 1. The second-order valence-electron chi connectivity index (χ2n) is 9.87. The van der Waals surface area contributed by atoms with E-state index < -0.39 is 0 Å². The number of nitrogens with one attached hydrogen (secondary N) is 1. The van der Waals surface area contributed by atoms with Crippen LogP contribution in [0.15, 0.2) is 24.3 Å². The first-order valence-electron chi connectivity index (χ1n) is 10.9. The summed E-state index contributed by atoms with van der Waals surface area (Å²) in [6.45, 7) is 4.00. The Kier molecular flexibility index (Phi) is 5.72. The van der Waals surface area contributed by atoms with Crippen molar-refractivity contribution in [2.24, 2.45) is 23.7 Å². The number of benzene rings is 1. The van der Waals surface area contributed by atoms with Crippen molar-refractivity contribution in [1.82, 2.24) is 4.90 Å². The maximum Gasteiger partial charge on any atom is 0.223 e. The highest BCUT2D eigenvalue weighted by atomic mass is 35.5. The Labute approximate surface area is 180 Å². The van der Waals surface area contributed by atoms with Crippen molar-refractivity contribution in [2.45, 2.75) is 43.9 Å². The molecule has 0 radical (unpaired) electrons. The van der Waals surface area contributed by atoms with E-state index in [4.69, 9.17) is 11.6 Å². The van der Waals surface area contributed by atoms with Crippen LogP contribution in [0.25, 0.3) is 0 Å². The molecule has 1 saturated heterocycles. The molecular weight excluding hydrogens is 391 g/mol. The van der Waals surface area contributed by atoms with Gasteiger partial charge in [0, 0.05) is 16.9 Å². The molecule has 0 aromatic heterocycles. The standard InChI is InChI=1S/C23H31ClN2O.ClH/c1-25-6-8-26(9-7-25)22(27)15-23(18-2-4-21(24)5-3-18)19-11-16-10-17(13-19)14-20(23)12-16;/h2-5,16-17,19-20H,6-15H2,1H3;1H. The number of halogens is 2. The van der Waals surface area contributed by atoms with Crippen molar-refractivity contribution >= 4 is 17.5 Å². The zero-order valence-corrected chi connectivity index (χ0v) is 18.3. The maximum atomic E-state index is 13.4. The van der Waals surface area contributed by atoms with Crippen LogP contribution in [0, 0.1) is 23.7 Å². The third-order valence-corrected chi connectivity index (χ3v) is 8.64. The van der Waals surface area contributed by atoms with Gasteiger partial charge in [-0.25, -0.2) is 0 Å². The number of carbonyl (C=O) groups is 1. The maximum absolute atomic E-state index is 13.4. The Morgan fingerprint density at radius 2 is 1.57 bits per heavy atom. The van der Waals surface area contributed by atoms with Gasteiger partial charge in [0.25, 0.3) is 0 Å². The Hall–Kier alpha value is -0.770. The number of piperazine rings is 1. The third-order valence-electron chi connectivity index (χ3n) is 8.39. The zero-order chi connectivity index (χ0) is 18.6. The van der Waals surface area contributed by atoms with Crippen LogP contribution < -0.4 is 17.3 Å². The minimum atomic E-state index is 0. The van der Waals surface area contributed by atoms with Gasteiger partial charge in [0.2, 0.25) is 5.91 Å². The quantitative estimate of drug-likeness (QED) is 0.715. The van der Waals surface area contributed by atoms with Gasteiger partial charge in [0.15, 0.2) is 0 Å². The monoisotopic (exact) mass is 422 g/mol. The number of rotatable bonds is 3. The molecule has 154 valence electrons. The highest BCUT2D eigenvalue weighted by Crippen LogP contribution is 2.64. The van der Waals surface area contributed by atoms with Crippen LogP contribution in [-0.2, 0) is 10.2 Å². The predicted molar refractivity (Wildman–Crippen MR) is 108 cm³/mol. The minimum absolute atomic E-state index is 0. The topological polar surface area (TPSA) is 24.8 Å². The third kappa shape index (κ3) is 3.38. The molecule has 1 aromatic carbocycles. The SMILES string of the molecule is C[NH+]1CCN(C(=O)CC2(c3ccc(Cl)cc3)C3CC4CC(C3)CC2C4)CC1.[Cl-]. The van der Waals surface area contributed by atoms with E-state index in [1.807, 2.05) is 12.1 Å². The number of hydrogen-bond donors (Lipinski definition) is 1. The number of likely N-dealkylation sites (N-methyl/N-ethyl adjacent to an activating group) is 1. The molecule has 1 amide bonds. The lowest BCUT2D eigenvalue weighted by atomic mass is 9.43. The average molecular weight is 423 g/mol. The first kappa shape index (κ1) is 20.5. The van der Waals surface area contributed by atoms with Crippen LogP contribution in [0.3, 0.4) is 0 Å². The molecule has 6 rings (SSSR count). The lowest BCUT2D eigenvalue weighted by molar-refractivity contribution is -0.883. The summed E-state index contributed by atoms with van der Waals surface area (Å²) in [4.78, 5) is 17.1. The fourth-order valence-corrected chi connectivity index (χ4v) is 7.27. The smallest absolute Gasteiger partial charge is 0.223 e. The van der Waals surface area contributed by atoms with Gasteiger partial charge in [-0.15, -0.1) is 0 Å². The molecule has 1 aliphatic heterocycles. The van der Waals surface area contributed by atoms with Crippen molar-refractivity contribution in [1.29, 1.82) is 0 Å². The Balaban J connectivity index is 0.00000192. The molecule has 0 atom stereocenters. The van der Waals surface area contributed by atoms with Crippen molar-refractivity contribution in [3.63, 3.8) is 0 Å². The van der Waals surface area contributed by atoms with Gasteiger partial charge in [0.1, 0.15) is 0 Å². The second-order valence-corrected chi connectivity index (χ2v) is 10.3. The highest BCUT2D eigenvalue weighted by molar-refractivity contribution is 6.30. The van der Waals surface area contributed by atoms with Crippen LogP contribution in [0.4, 0.5) is 0 Å². The lowest BCUT2D eigenvalue weighted by Crippen LogP contribution is -3.12. The summed E-state index contributed by atoms with van der Waals surface area (Å²) < 4.78 is 0. The van der Waals surface area contributed by atoms with Crippen LogP contribution in [-0.4, -0.2) is 44.0 Å². The molecule has 3 nitrogen and oxygen atoms in total. The molecule has 28 heavy (non-hydrogen) atoms. The number of hydrogen-bond acceptors (Lipinski definition) is 1. The van der Waals surface area contributed by atoms with Crippen molar-refractivity contribution < 1.29 is 22.1 Å². The van der Waals surface area contributed by atoms with E-state index in [9.17, 15) is 4.79 Å². The lowest BCUT2D eigenvalue weighted by Gasteiger charge is -2.61. The van der Waals surface area contributed by atoms with Gasteiger partial charge in [-0.1, -0.05) is 23.7 Å². The summed E-state index contributed by atoms with van der Waals surface area (Å²) >= 11 is 6.21. The van der Waals surface area contributed by atoms with Gasteiger partial charge >= 0.3 is 0 Å². The van der Waals surface area contributed by atoms with E-state index in [0.717, 1.165) is 43.0 Å². The van der Waals surface area contributed by atoms with E-state index in [0.29, 0.717) is 24.2 Å². The van der Waals surface area contributed by atoms with Gasteiger partial charge in [0.05, 0.1) is 33.2 Å². The minimum Gasteiger partial charge on any atom is -1.00 e. The highest BCUT2D eigenvalue weighted by Gasteiger charge is 2.58. The summed E-state index contributed by atoms with van der Waals surface area (Å²) in [7, 11) is 2.23. The molecule has 5 heteroatoms. The van der Waals surface area contributed by atoms with Crippen LogP contribution >= 0.6 is 11.6 Å². The van der Waals surface area contributed by atoms with Gasteiger partial charge in [-0.3, -0.25) is 4.79 Å². The van der Waals surface area contributed by atoms with Crippen molar-refractivity contribution in [3.8, 4) is 0 Å². The Morgan fingerprint density at radius 1 is 1.04 bits per heavy atom. The summed E-state index contributed by atoms with van der Waals surface area (Å²) in [5.74, 6) is 3.57. The molecule has 1 N–H and O–H groups in total. The second kappa shape index (κ2) is 7.81. The number of nitrogens with zero attached hydrogens (tertiary/aromatic N) is 1. The first-order chi connectivity index (χ1) is 13.0. The average Bonchev–Trinajstić information content (AvgIpc) is 2.65. The van der Waals surface area contributed by atoms with Gasteiger partial charge in [-0.05, 0) is 73.5 Å². The van der Waals surface area contributed by atoms with E-state index in [1.54, 1.807) is 4.90 Å². The van der Waals surface area contributed by atoms with Crippen molar-refractivity contribution in [2.75, 3.05) is 33.2 Å². The summed E-state index contributed by atoms with van der Waals surface area (Å²) in [6, 6.07) is 8.53. The summed E-state index contributed by atoms with van der Waals surface area (Å²) in [6.07, 6.45) is 7.47. The molecule has 1 aromatic rings. The van der Waals surface area contributed by atoms with Crippen LogP contribution in [0.5, 0.6) is 0 Å². The normalized spacial score (nSPS) is 37.0. The van der Waals surface area contributed by atoms with Crippen LogP contribution in [0.2, 0.25) is 5.02 Å². The van der Waals surface area contributed by atoms with Gasteiger partial charge in [-0.2, -0.15) is 0 Å². The fourth-order valence-electron chi connectivity index (χ4n) is 7.15. The molecule has 5 aliphatic rings. The van der Waals surface area contributed by atoms with E-state index in [2.05, 4.69) is 24.1 Å². The molecule has 4 aliphatic carbocycles. The summed E-state index contributed by atoms with van der Waals surface area (Å²) in [5.41, 5.74) is 1.43. The molecule has 4 bridgehead atoms. The number of carbonyl (C=O) groups excluding carboxylic acids is 1. The fraction of sp³-hybridized carbons (Fsp3) is 0.696. The summed E-state index contributed by atoms with van der Waals surface area (Å²) in [5, 5.41) is 0.797. The molecule has 5 fully saturated rings. The molecule has 0 spiro atoms. The van der Waals surface area contributed by atoms with Crippen molar-refractivity contribution in [3.05, 3.63) is 34.9 Å². The number of amides is 1. The molecule has 4 saturated carbocycles. The molecule has 1 heterocycles. The first-order valence-corrected chi connectivity index (χ1v) is 11.3. The molecular formula is C23H32Cl2N2O. The van der Waals surface area contributed by atoms with E-state index in [1.165, 1.54) is 37.7 Å². The van der Waals surface area contributed by atoms with E-state index in [-0.39, 0.29) is 17.8 Å². The predicted octanol–water partition coefficient (Wildman–Crippen LogP) is -0.215. The van der Waals surface area contributed by atoms with Gasteiger partial charge < -0.3 is 22.2 Å².